The molecule has 46 heavy (non-hydrogen) atoms. The standard InChI is InChI=1S/C34H59N2O10/c37-19-15-20-43-22-24-45-26-27-46-25-23-44-21-18-35-33(40)29-28-30(34(41)42)36-32(39)17-14-12-10-8-6-4-2-1-3-5-7-9-11-13-16-31(29)38/h29-30H,1-18,20-28H2,(H,35,40)(H,36,39)(H,41,42)/t29?,30-/m0/s1. The quantitative estimate of drug-likeness (QED) is 0.154. The predicted octanol–water partition coefficient (Wildman–Crippen LogP) is 4.07. The lowest BCUT2D eigenvalue weighted by molar-refractivity contribution is -0.143. The second-order valence-electron chi connectivity index (χ2n) is 11.8. The zero-order valence-corrected chi connectivity index (χ0v) is 27.9. The maximum Gasteiger partial charge on any atom is 0.326 e. The maximum absolute atomic E-state index is 13.2. The second kappa shape index (κ2) is 30.0. The zero-order chi connectivity index (χ0) is 33.5. The van der Waals surface area contributed by atoms with Crippen molar-refractivity contribution < 1.29 is 48.0 Å². The van der Waals surface area contributed by atoms with E-state index >= 15 is 0 Å². The number of hydrogen-bond acceptors (Lipinski definition) is 9. The number of ether oxygens (including phenoxy) is 4. The molecule has 0 aromatic heterocycles. The van der Waals surface area contributed by atoms with Crippen molar-refractivity contribution in [3.63, 3.8) is 0 Å². The number of aliphatic carboxylic acids is 1. The molecule has 1 fully saturated rings. The lowest BCUT2D eigenvalue weighted by atomic mass is 9.91. The van der Waals surface area contributed by atoms with E-state index in [-0.39, 0.29) is 50.5 Å². The molecule has 0 aromatic rings. The number of carboxylic acids is 1. The Hall–Kier alpha value is -2.41. The Bertz CT molecular complexity index is 826. The first-order valence-electron chi connectivity index (χ1n) is 17.4. The van der Waals surface area contributed by atoms with Crippen LogP contribution in [-0.2, 0) is 42.9 Å². The molecule has 0 spiro atoms. The zero-order valence-electron chi connectivity index (χ0n) is 27.9. The van der Waals surface area contributed by atoms with Crippen LogP contribution in [0.4, 0.5) is 0 Å². The summed E-state index contributed by atoms with van der Waals surface area (Å²) >= 11 is 0. The van der Waals surface area contributed by atoms with E-state index in [0.717, 1.165) is 38.5 Å². The van der Waals surface area contributed by atoms with Gasteiger partial charge in [0.1, 0.15) is 11.8 Å². The van der Waals surface area contributed by atoms with Gasteiger partial charge in [-0.15, -0.1) is 0 Å². The molecule has 1 aliphatic heterocycles. The molecular weight excluding hydrogens is 596 g/mol. The van der Waals surface area contributed by atoms with Crippen LogP contribution in [0, 0.1) is 5.92 Å². The summed E-state index contributed by atoms with van der Waals surface area (Å²) in [5.41, 5.74) is 0. The minimum Gasteiger partial charge on any atom is -0.480 e. The summed E-state index contributed by atoms with van der Waals surface area (Å²) in [6.07, 6.45) is 17.0. The molecule has 2 atom stereocenters. The van der Waals surface area contributed by atoms with Gasteiger partial charge in [0.25, 0.3) is 0 Å². The minimum atomic E-state index is -1.32. The highest BCUT2D eigenvalue weighted by Crippen LogP contribution is 2.17. The minimum absolute atomic E-state index is 0.150. The van der Waals surface area contributed by atoms with E-state index in [1.807, 2.05) is 0 Å². The molecule has 0 bridgehead atoms. The Kier molecular flexibility index (Phi) is 27.1. The van der Waals surface area contributed by atoms with Crippen molar-refractivity contribution in [3.05, 3.63) is 0 Å². The van der Waals surface area contributed by atoms with E-state index in [0.29, 0.717) is 59.1 Å². The van der Waals surface area contributed by atoms with Gasteiger partial charge in [-0.3, -0.25) is 19.2 Å². The number of hydrogen-bond donors (Lipinski definition) is 3. The van der Waals surface area contributed by atoms with Crippen LogP contribution in [0.3, 0.4) is 0 Å². The Morgan fingerprint density at radius 3 is 1.59 bits per heavy atom. The third-order valence-electron chi connectivity index (χ3n) is 7.90. The van der Waals surface area contributed by atoms with Crippen molar-refractivity contribution in [2.75, 3.05) is 59.4 Å². The maximum atomic E-state index is 13.2. The number of nitrogens with one attached hydrogen (secondary N) is 2. The van der Waals surface area contributed by atoms with Gasteiger partial charge in [-0.2, -0.15) is 0 Å². The summed E-state index contributed by atoms with van der Waals surface area (Å²) in [4.78, 5) is 60.9. The Morgan fingerprint density at radius 2 is 1.11 bits per heavy atom. The Balaban J connectivity index is 2.49. The van der Waals surface area contributed by atoms with Crippen LogP contribution in [-0.4, -0.2) is 100 Å². The number of carbonyl (C=O) groups is 4. The number of amides is 2. The van der Waals surface area contributed by atoms with Gasteiger partial charge in [0.05, 0.1) is 58.8 Å². The van der Waals surface area contributed by atoms with E-state index < -0.39 is 23.8 Å². The number of Topliss-reactive ketones (excluding diaryl/α,β-unsaturated/α-hetero) is 1. The molecule has 265 valence electrons. The molecular formula is C34H59N2O10. The lowest BCUT2D eigenvalue weighted by Gasteiger charge is -2.21. The summed E-state index contributed by atoms with van der Waals surface area (Å²) in [5.74, 6) is -3.66. The van der Waals surface area contributed by atoms with Gasteiger partial charge in [-0.25, -0.2) is 4.79 Å². The van der Waals surface area contributed by atoms with Gasteiger partial charge in [0.2, 0.25) is 18.1 Å². The fraction of sp³-hybridized carbons (Fsp3) is 0.853. The van der Waals surface area contributed by atoms with Gasteiger partial charge in [0.15, 0.2) is 0 Å². The van der Waals surface area contributed by atoms with Crippen LogP contribution in [0.1, 0.15) is 116 Å². The normalized spacial score (nSPS) is 20.5. The summed E-state index contributed by atoms with van der Waals surface area (Å²) in [7, 11) is 0. The number of ketones is 1. The third-order valence-corrected chi connectivity index (χ3v) is 7.90. The molecule has 12 nitrogen and oxygen atoms in total. The van der Waals surface area contributed by atoms with E-state index in [4.69, 9.17) is 18.9 Å². The summed E-state index contributed by atoms with van der Waals surface area (Å²) in [5, 5.41) is 15.1. The second-order valence-corrected chi connectivity index (χ2v) is 11.8. The van der Waals surface area contributed by atoms with E-state index in [9.17, 15) is 29.1 Å². The molecule has 1 rings (SSSR count). The molecule has 3 N–H and O–H groups in total. The fourth-order valence-corrected chi connectivity index (χ4v) is 5.23. The average Bonchev–Trinajstić information content (AvgIpc) is 3.03. The first kappa shape index (κ1) is 41.6. The highest BCUT2D eigenvalue weighted by molar-refractivity contribution is 6.02. The summed E-state index contributed by atoms with van der Waals surface area (Å²) in [6.45, 7) is 2.90. The first-order chi connectivity index (χ1) is 22.5. The molecule has 1 heterocycles. The van der Waals surface area contributed by atoms with Crippen molar-refractivity contribution >= 4 is 29.9 Å². The molecule has 1 unspecified atom stereocenters. The van der Waals surface area contributed by atoms with Gasteiger partial charge >= 0.3 is 5.97 Å². The first-order valence-corrected chi connectivity index (χ1v) is 17.4. The van der Waals surface area contributed by atoms with Gasteiger partial charge in [-0.1, -0.05) is 77.0 Å². The van der Waals surface area contributed by atoms with Crippen LogP contribution in [0.2, 0.25) is 0 Å². The molecule has 0 aromatic carbocycles. The monoisotopic (exact) mass is 655 g/mol. The van der Waals surface area contributed by atoms with Crippen LogP contribution >= 0.6 is 0 Å². The lowest BCUT2D eigenvalue weighted by Crippen LogP contribution is -2.46. The predicted molar refractivity (Wildman–Crippen MR) is 173 cm³/mol. The van der Waals surface area contributed by atoms with E-state index in [1.165, 1.54) is 38.5 Å². The molecule has 1 radical (unpaired) electrons. The van der Waals surface area contributed by atoms with Crippen LogP contribution in [0.5, 0.6) is 0 Å². The van der Waals surface area contributed by atoms with Crippen LogP contribution in [0.15, 0.2) is 0 Å². The molecule has 1 aliphatic rings. The molecule has 0 aliphatic carbocycles. The van der Waals surface area contributed by atoms with Gasteiger partial charge < -0.3 is 34.7 Å². The largest absolute Gasteiger partial charge is 0.480 e. The smallest absolute Gasteiger partial charge is 0.326 e. The van der Waals surface area contributed by atoms with Gasteiger partial charge in [-0.05, 0) is 19.3 Å². The van der Waals surface area contributed by atoms with Gasteiger partial charge in [0, 0.05) is 25.8 Å². The highest BCUT2D eigenvalue weighted by Gasteiger charge is 2.32. The average molecular weight is 656 g/mol. The van der Waals surface area contributed by atoms with Crippen molar-refractivity contribution in [1.82, 2.24) is 10.6 Å². The number of carbonyl (C=O) groups excluding carboxylic acids is 4. The summed E-state index contributed by atoms with van der Waals surface area (Å²) in [6, 6.07) is -1.32. The Labute approximate surface area is 275 Å². The van der Waals surface area contributed by atoms with Crippen molar-refractivity contribution in [1.29, 1.82) is 0 Å². The van der Waals surface area contributed by atoms with Crippen molar-refractivity contribution in [2.24, 2.45) is 5.92 Å². The summed E-state index contributed by atoms with van der Waals surface area (Å²) < 4.78 is 21.4. The van der Waals surface area contributed by atoms with E-state index in [1.54, 1.807) is 6.29 Å². The van der Waals surface area contributed by atoms with Crippen LogP contribution < -0.4 is 10.6 Å². The molecule has 2 amide bonds. The fourth-order valence-electron chi connectivity index (χ4n) is 5.23. The number of carboxylic acid groups (broad SMARTS) is 1. The van der Waals surface area contributed by atoms with Crippen molar-refractivity contribution in [3.8, 4) is 0 Å². The highest BCUT2D eigenvalue weighted by atomic mass is 16.6. The molecule has 0 saturated carbocycles. The molecule has 1 saturated heterocycles. The Morgan fingerprint density at radius 1 is 0.674 bits per heavy atom. The van der Waals surface area contributed by atoms with E-state index in [2.05, 4.69) is 10.6 Å². The number of rotatable bonds is 17. The molecule has 12 heteroatoms. The SMILES string of the molecule is O=[C]CCOCCOCCOCCOCCNC(=O)C1C[C@@H](C(=O)O)NC(=O)CCCCCCCCCCCCCCCCC1=O. The van der Waals surface area contributed by atoms with Crippen molar-refractivity contribution in [2.45, 2.75) is 122 Å². The third kappa shape index (κ3) is 23.9. The topological polar surface area (TPSA) is 167 Å². The van der Waals surface area contributed by atoms with Crippen LogP contribution in [0.25, 0.3) is 0 Å².